The Kier molecular flexibility index (Phi) is 38.8. The first-order chi connectivity index (χ1) is 34.5. The number of unbranched alkanes of at least 4 members (excludes halogenated alkanes) is 3. The summed E-state index contributed by atoms with van der Waals surface area (Å²) in [6, 6.07) is 16.4. The lowest BCUT2D eigenvalue weighted by Crippen LogP contribution is -2.36. The van der Waals surface area contributed by atoms with Crippen LogP contribution in [0.2, 0.25) is 0 Å². The first-order valence-corrected chi connectivity index (χ1v) is 27.8. The number of likely N-dealkylation sites (tertiary alicyclic amines) is 1. The van der Waals surface area contributed by atoms with Crippen LogP contribution in [-0.2, 0) is 75.3 Å². The monoisotopic (exact) mass is 1060 g/mol. The van der Waals surface area contributed by atoms with Crippen molar-refractivity contribution in [1.82, 2.24) is 15.2 Å². The van der Waals surface area contributed by atoms with Crippen molar-refractivity contribution in [3.8, 4) is 0 Å². The molecular weight excluding hydrogens is 978 g/mol. The van der Waals surface area contributed by atoms with Gasteiger partial charge in [0.25, 0.3) is 0 Å². The fraction of sp³-hybridized carbons (Fsp3) is 0.625. The molecule has 0 spiro atoms. The third-order valence-electron chi connectivity index (χ3n) is 10.0. The molecule has 1 fully saturated rings. The molecule has 71 heavy (non-hydrogen) atoms. The minimum Gasteiger partial charge on any atom is -0.396 e. The quantitative estimate of drug-likeness (QED) is 0.0123. The van der Waals surface area contributed by atoms with E-state index in [2.05, 4.69) is 45.0 Å². The molecule has 8 N–H and O–H groups in total. The number of thioether (sulfide) groups is 1. The topological polar surface area (TPSA) is 262 Å². The highest BCUT2D eigenvalue weighted by molar-refractivity contribution is 8.07. The number of benzene rings is 2. The number of hydrogen-bond donors (Lipinski definition) is 5. The van der Waals surface area contributed by atoms with E-state index in [0.717, 1.165) is 78.9 Å². The van der Waals surface area contributed by atoms with Gasteiger partial charge in [-0.1, -0.05) is 69.2 Å². The second kappa shape index (κ2) is 42.0. The van der Waals surface area contributed by atoms with E-state index in [1.54, 1.807) is 5.01 Å². The lowest BCUT2D eigenvalue weighted by Gasteiger charge is -2.32. The number of amides is 2. The average molecular weight is 1060 g/mol. The summed E-state index contributed by atoms with van der Waals surface area (Å²) in [6.07, 6.45) is 6.13. The lowest BCUT2D eigenvalue weighted by molar-refractivity contribution is -0.189. The largest absolute Gasteiger partial charge is 0.396 e. The third kappa shape index (κ3) is 28.0. The van der Waals surface area contributed by atoms with Gasteiger partial charge in [0, 0.05) is 69.3 Å². The molecule has 0 bridgehead atoms. The van der Waals surface area contributed by atoms with Crippen LogP contribution < -0.4 is 27.5 Å². The highest BCUT2D eigenvalue weighted by Crippen LogP contribution is 2.43. The molecule has 20 nitrogen and oxygen atoms in total. The molecule has 23 heteroatoms. The number of para-hydroxylation sites is 1. The van der Waals surface area contributed by atoms with E-state index >= 15 is 0 Å². The Morgan fingerprint density at radius 2 is 1.39 bits per heavy atom. The molecule has 2 amide bonds. The molecule has 4 rings (SSSR count). The average Bonchev–Trinajstić information content (AvgIpc) is 3.64. The molecule has 2 heterocycles. The van der Waals surface area contributed by atoms with Crippen molar-refractivity contribution in [2.75, 3.05) is 131 Å². The van der Waals surface area contributed by atoms with Gasteiger partial charge in [-0.2, -0.15) is 0 Å². The van der Waals surface area contributed by atoms with Crippen LogP contribution in [0.3, 0.4) is 0 Å². The predicted octanol–water partition coefficient (Wildman–Crippen LogP) is 4.27. The lowest BCUT2D eigenvalue weighted by atomic mass is 9.96. The summed E-state index contributed by atoms with van der Waals surface area (Å²) in [5.41, 5.74) is 17.8. The zero-order valence-corrected chi connectivity index (χ0v) is 45.0. The maximum absolute atomic E-state index is 12.1. The number of nitrogens with two attached hydrogens (primary N) is 3. The number of hydrogen-bond acceptors (Lipinski definition) is 20. The fourth-order valence-electron chi connectivity index (χ4n) is 6.67. The number of imide groups is 1. The van der Waals surface area contributed by atoms with Crippen LogP contribution in [0.4, 0.5) is 5.69 Å². The second-order valence-corrected chi connectivity index (χ2v) is 19.3. The van der Waals surface area contributed by atoms with Crippen LogP contribution in [0.15, 0.2) is 48.5 Å². The van der Waals surface area contributed by atoms with Crippen LogP contribution in [-0.4, -0.2) is 170 Å². The minimum atomic E-state index is -3.28. The van der Waals surface area contributed by atoms with Crippen molar-refractivity contribution in [3.63, 3.8) is 0 Å². The Morgan fingerprint density at radius 1 is 0.831 bits per heavy atom. The van der Waals surface area contributed by atoms with Gasteiger partial charge in [0.1, 0.15) is 12.6 Å². The molecule has 2 atom stereocenters. The van der Waals surface area contributed by atoms with Crippen molar-refractivity contribution in [2.45, 2.75) is 70.6 Å². The van der Waals surface area contributed by atoms with E-state index in [1.165, 1.54) is 23.8 Å². The number of anilines is 1. The molecule has 2 aliphatic heterocycles. The van der Waals surface area contributed by atoms with Crippen molar-refractivity contribution < 1.29 is 61.8 Å². The number of aldehydes is 2. The van der Waals surface area contributed by atoms with Crippen LogP contribution >= 0.6 is 18.5 Å². The van der Waals surface area contributed by atoms with Crippen molar-refractivity contribution in [3.05, 3.63) is 65.2 Å². The zero-order chi connectivity index (χ0) is 52.5. The molecule has 0 aromatic heterocycles. The van der Waals surface area contributed by atoms with Gasteiger partial charge in [-0.3, -0.25) is 14.5 Å². The second-order valence-electron chi connectivity index (χ2n) is 15.3. The van der Waals surface area contributed by atoms with Gasteiger partial charge < -0.3 is 69.4 Å². The number of carbonyl (C=O) groups excluding carboxylic acids is 4. The van der Waals surface area contributed by atoms with Gasteiger partial charge >= 0.3 is 6.72 Å². The third-order valence-corrected chi connectivity index (χ3v) is 12.7. The summed E-state index contributed by atoms with van der Waals surface area (Å²) in [5, 5.41) is 4.20. The number of carbonyl (C=O) groups is 4. The van der Waals surface area contributed by atoms with Crippen molar-refractivity contribution in [2.24, 2.45) is 17.3 Å². The van der Waals surface area contributed by atoms with Crippen molar-refractivity contribution in [1.29, 1.82) is 0 Å². The highest BCUT2D eigenvalue weighted by Gasteiger charge is 2.38. The van der Waals surface area contributed by atoms with Crippen LogP contribution in [0.1, 0.15) is 75.5 Å². The molecule has 0 radical (unpaired) electrons. The number of nitrogens with zero attached hydrogens (tertiary/aromatic N) is 3. The first kappa shape index (κ1) is 65.6. The highest BCUT2D eigenvalue weighted by atomic mass is 32.5. The molecular formula is C48H82N7O13PS2. The SMILES string of the molecule is CC.CN1Cc2ccccc2/C(N(N)CCOCCOCCOCCOCCOCCN)=C(/N)c2ccccc21.CNCCC=O.COOP(O)(=S)OCCCCCCSC1CC(=O)N(CCC=O)C1=O. The van der Waals surface area contributed by atoms with Gasteiger partial charge in [-0.15, -0.1) is 16.4 Å². The Morgan fingerprint density at radius 3 is 1.97 bits per heavy atom. The summed E-state index contributed by atoms with van der Waals surface area (Å²) in [6.45, 7) is 8.86. The summed E-state index contributed by atoms with van der Waals surface area (Å²) >= 11 is 6.18. The number of fused-ring (bicyclic) bond motifs is 2. The van der Waals surface area contributed by atoms with E-state index in [4.69, 9.17) is 57.3 Å². The van der Waals surface area contributed by atoms with E-state index in [-0.39, 0.29) is 36.5 Å². The maximum Gasteiger partial charge on any atom is 0.353 e. The Hall–Kier alpha value is -3.42. The summed E-state index contributed by atoms with van der Waals surface area (Å²) in [7, 11) is 5.15. The van der Waals surface area contributed by atoms with E-state index in [9.17, 15) is 24.1 Å². The summed E-state index contributed by atoms with van der Waals surface area (Å²) in [5.74, 6) is 6.97. The van der Waals surface area contributed by atoms with Gasteiger partial charge in [-0.25, -0.2) is 10.7 Å². The van der Waals surface area contributed by atoms with E-state index in [1.807, 2.05) is 51.2 Å². The molecule has 2 unspecified atom stereocenters. The number of ether oxygens (including phenoxy) is 5. The number of nitrogens with one attached hydrogen (secondary N) is 1. The van der Waals surface area contributed by atoms with Gasteiger partial charge in [0.2, 0.25) is 11.8 Å². The molecule has 2 aromatic rings. The Balaban J connectivity index is 0.000000656. The van der Waals surface area contributed by atoms with Gasteiger partial charge in [-0.05, 0) is 49.1 Å². The zero-order valence-electron chi connectivity index (χ0n) is 42.5. The molecule has 404 valence electrons. The molecule has 2 aliphatic rings. The minimum absolute atomic E-state index is 0.183. The number of rotatable bonds is 35. The molecule has 0 aliphatic carbocycles. The standard InChI is InChI=1S/C28H43N5O5.C14H24NO7PS2.C4H9NO.C2H6/c1-32-22-23-6-2-3-7-24(23)28(27(30)25-8-4-5-9-26(25)32)33(31)11-13-35-15-17-37-19-21-38-20-18-36-16-14-34-12-10-29;1-20-22-23(19,24)21-9-4-2-3-5-10-25-12-11-13(17)15(14(12)18)7-6-8-16;1-5-3-2-4-6;1-2/h2-9H,10-22,29-31H2,1H3;8,12H,2-7,9-11H2,1H3,(H,19,24);4-5H,2-3H2,1H3;1-2H3/b28-27-;;;. The fourth-order valence-corrected chi connectivity index (χ4v) is 8.85. The van der Waals surface area contributed by atoms with Gasteiger partial charge in [0.05, 0.1) is 103 Å². The predicted molar refractivity (Wildman–Crippen MR) is 283 cm³/mol. The smallest absolute Gasteiger partial charge is 0.353 e. The van der Waals surface area contributed by atoms with E-state index < -0.39 is 6.72 Å². The molecule has 2 aromatic carbocycles. The van der Waals surface area contributed by atoms with Gasteiger partial charge in [0.15, 0.2) is 0 Å². The molecule has 1 saturated heterocycles. The maximum atomic E-state index is 12.1. The van der Waals surface area contributed by atoms with Crippen molar-refractivity contribution >= 4 is 71.8 Å². The van der Waals surface area contributed by atoms with Crippen LogP contribution in [0, 0.1) is 0 Å². The van der Waals surface area contributed by atoms with Crippen LogP contribution in [0.5, 0.6) is 0 Å². The van der Waals surface area contributed by atoms with E-state index in [0.29, 0.717) is 104 Å². The van der Waals surface area contributed by atoms with Crippen LogP contribution in [0.25, 0.3) is 11.4 Å². The Bertz CT molecular complexity index is 1840. The Labute approximate surface area is 431 Å². The summed E-state index contributed by atoms with van der Waals surface area (Å²) < 4.78 is 36.9. The number of hydrazine groups is 1. The normalized spacial score (nSPS) is 15.9. The first-order valence-electron chi connectivity index (χ1n) is 24.1. The summed E-state index contributed by atoms with van der Waals surface area (Å²) in [4.78, 5) is 60.9. The molecule has 0 saturated carbocycles.